The second-order valence-electron chi connectivity index (χ2n) is 7.79. The summed E-state index contributed by atoms with van der Waals surface area (Å²) in [6, 6.07) is 3.99. The fourth-order valence-corrected chi connectivity index (χ4v) is 4.06. The quantitative estimate of drug-likeness (QED) is 0.719. The van der Waals surface area contributed by atoms with E-state index in [4.69, 9.17) is 4.74 Å². The molecule has 3 aromatic rings. The van der Waals surface area contributed by atoms with Crippen LogP contribution in [0.15, 0.2) is 35.5 Å². The van der Waals surface area contributed by atoms with Gasteiger partial charge in [-0.15, -0.1) is 0 Å². The molecule has 1 saturated heterocycles. The molecule has 2 aliphatic rings. The molecule has 29 heavy (non-hydrogen) atoms. The molecule has 2 fully saturated rings. The number of hydrogen-bond acceptors (Lipinski definition) is 5. The summed E-state index contributed by atoms with van der Waals surface area (Å²) in [6.45, 7) is 3.65. The van der Waals surface area contributed by atoms with Crippen LogP contribution in [0.5, 0.6) is 11.8 Å². The molecule has 1 atom stereocenters. The lowest BCUT2D eigenvalue weighted by atomic mass is 10.2. The van der Waals surface area contributed by atoms with Gasteiger partial charge in [-0.3, -0.25) is 19.6 Å². The highest BCUT2D eigenvalue weighted by molar-refractivity contribution is 5.81. The van der Waals surface area contributed by atoms with E-state index in [0.29, 0.717) is 22.6 Å². The van der Waals surface area contributed by atoms with E-state index >= 15 is 0 Å². The monoisotopic (exact) mass is 393 g/mol. The number of fused-ring (bicyclic) bond motifs is 1. The lowest BCUT2D eigenvalue weighted by molar-refractivity contribution is -0.131. The number of aryl methyl sites for hydroxylation is 1. The van der Waals surface area contributed by atoms with Crippen molar-refractivity contribution in [2.45, 2.75) is 38.6 Å². The van der Waals surface area contributed by atoms with Gasteiger partial charge in [0.05, 0.1) is 23.1 Å². The van der Waals surface area contributed by atoms with E-state index in [1.165, 1.54) is 0 Å². The van der Waals surface area contributed by atoms with Gasteiger partial charge < -0.3 is 14.2 Å². The molecule has 0 bridgehead atoms. The molecule has 1 unspecified atom stereocenters. The number of aromatic nitrogens is 4. The fraction of sp³-hybridized carbons (Fsp3) is 0.429. The van der Waals surface area contributed by atoms with Crippen molar-refractivity contribution in [2.24, 2.45) is 5.92 Å². The second kappa shape index (κ2) is 7.02. The van der Waals surface area contributed by atoms with Gasteiger partial charge in [0, 0.05) is 43.2 Å². The Morgan fingerprint density at radius 3 is 3.00 bits per heavy atom. The number of H-pyrrole nitrogens is 1. The summed E-state index contributed by atoms with van der Waals surface area (Å²) < 4.78 is 8.08. The molecule has 1 saturated carbocycles. The number of carbonyl (C=O) groups excluding carboxylic acids is 1. The van der Waals surface area contributed by atoms with Gasteiger partial charge >= 0.3 is 6.01 Å². The topological polar surface area (TPSA) is 93.1 Å². The molecular weight excluding hydrogens is 370 g/mol. The first-order valence-electron chi connectivity index (χ1n) is 10.1. The minimum absolute atomic E-state index is 0.146. The summed E-state index contributed by atoms with van der Waals surface area (Å²) in [5, 5.41) is 0.477. The van der Waals surface area contributed by atoms with E-state index in [2.05, 4.69) is 26.4 Å². The van der Waals surface area contributed by atoms with Crippen molar-refractivity contribution in [3.05, 3.63) is 46.8 Å². The van der Waals surface area contributed by atoms with Gasteiger partial charge in [0.25, 0.3) is 5.56 Å². The average Bonchev–Trinajstić information content (AvgIpc) is 3.32. The van der Waals surface area contributed by atoms with E-state index in [9.17, 15) is 9.59 Å². The van der Waals surface area contributed by atoms with E-state index in [-0.39, 0.29) is 23.5 Å². The minimum atomic E-state index is -0.257. The van der Waals surface area contributed by atoms with Crippen molar-refractivity contribution in [2.75, 3.05) is 13.1 Å². The highest BCUT2D eigenvalue weighted by atomic mass is 16.5. The van der Waals surface area contributed by atoms with Gasteiger partial charge in [-0.2, -0.15) is 4.98 Å². The number of hydrogen-bond donors (Lipinski definition) is 1. The van der Waals surface area contributed by atoms with Crippen LogP contribution < -0.4 is 10.3 Å². The molecule has 3 aromatic heterocycles. The van der Waals surface area contributed by atoms with Crippen molar-refractivity contribution in [1.29, 1.82) is 0 Å². The maximum Gasteiger partial charge on any atom is 0.302 e. The maximum absolute atomic E-state index is 12.4. The summed E-state index contributed by atoms with van der Waals surface area (Å²) >= 11 is 0. The Balaban J connectivity index is 1.38. The number of amides is 1. The van der Waals surface area contributed by atoms with Crippen LogP contribution in [-0.2, 0) is 11.2 Å². The lowest BCUT2D eigenvalue weighted by Crippen LogP contribution is -2.30. The molecule has 1 amide bonds. The molecule has 8 nitrogen and oxygen atoms in total. The maximum atomic E-state index is 12.4. The predicted octanol–water partition coefficient (Wildman–Crippen LogP) is 2.66. The van der Waals surface area contributed by atoms with E-state index < -0.39 is 0 Å². The summed E-state index contributed by atoms with van der Waals surface area (Å²) in [5.41, 5.74) is 1.37. The van der Waals surface area contributed by atoms with Crippen molar-refractivity contribution in [1.82, 2.24) is 24.4 Å². The number of rotatable bonds is 5. The van der Waals surface area contributed by atoms with Crippen LogP contribution in [0.4, 0.5) is 0 Å². The molecule has 1 aliphatic carbocycles. The van der Waals surface area contributed by atoms with Crippen molar-refractivity contribution in [3.8, 4) is 11.8 Å². The summed E-state index contributed by atoms with van der Waals surface area (Å²) in [5.74, 6) is 1.19. The SMILES string of the molecule is CCc1cc(Oc2nc3cnccc3c(=O)[nH]2)cn1C1CCN(C(=O)C2CC2)C1. The van der Waals surface area contributed by atoms with E-state index in [1.54, 1.807) is 18.5 Å². The molecule has 1 N–H and O–H groups in total. The third-order valence-electron chi connectivity index (χ3n) is 5.77. The number of aromatic amines is 1. The Labute approximate surface area is 167 Å². The summed E-state index contributed by atoms with van der Waals surface area (Å²) in [6.07, 6.45) is 8.92. The summed E-state index contributed by atoms with van der Waals surface area (Å²) in [4.78, 5) is 37.7. The molecule has 0 spiro atoms. The third kappa shape index (κ3) is 3.39. The first-order valence-corrected chi connectivity index (χ1v) is 10.1. The highest BCUT2D eigenvalue weighted by Gasteiger charge is 2.37. The number of nitrogens with one attached hydrogen (secondary N) is 1. The molecule has 8 heteroatoms. The molecule has 0 radical (unpaired) electrons. The van der Waals surface area contributed by atoms with Crippen LogP contribution in [0.3, 0.4) is 0 Å². The van der Waals surface area contributed by atoms with Crippen LogP contribution in [0.25, 0.3) is 10.9 Å². The number of carbonyl (C=O) groups is 1. The van der Waals surface area contributed by atoms with Crippen LogP contribution >= 0.6 is 0 Å². The molecular formula is C21H23N5O3. The molecule has 1 aliphatic heterocycles. The largest absolute Gasteiger partial charge is 0.424 e. The number of nitrogens with zero attached hydrogens (tertiary/aromatic N) is 4. The Hall–Kier alpha value is -3.16. The fourth-order valence-electron chi connectivity index (χ4n) is 4.06. The zero-order valence-electron chi connectivity index (χ0n) is 16.3. The Kier molecular flexibility index (Phi) is 4.34. The molecule has 150 valence electrons. The standard InChI is InChI=1S/C21H23N5O3/c1-2-14-9-16(29-21-23-18-10-22-7-5-17(18)19(27)24-21)12-26(14)15-6-8-25(11-15)20(28)13-3-4-13/h5,7,9-10,12-13,15H,2-4,6,8,11H2,1H3,(H,23,24,27). The summed E-state index contributed by atoms with van der Waals surface area (Å²) in [7, 11) is 0. The Bertz CT molecular complexity index is 1130. The van der Waals surface area contributed by atoms with Crippen LogP contribution in [0.1, 0.15) is 37.9 Å². The van der Waals surface area contributed by atoms with Crippen LogP contribution in [-0.4, -0.2) is 43.4 Å². The number of pyridine rings is 1. The van der Waals surface area contributed by atoms with E-state index in [0.717, 1.165) is 44.5 Å². The average molecular weight is 393 g/mol. The van der Waals surface area contributed by atoms with Gasteiger partial charge in [0.2, 0.25) is 5.91 Å². The van der Waals surface area contributed by atoms with Gasteiger partial charge in [-0.25, -0.2) is 0 Å². The van der Waals surface area contributed by atoms with Crippen molar-refractivity contribution in [3.63, 3.8) is 0 Å². The molecule has 0 aromatic carbocycles. The Morgan fingerprint density at radius 1 is 1.34 bits per heavy atom. The minimum Gasteiger partial charge on any atom is -0.424 e. The smallest absolute Gasteiger partial charge is 0.302 e. The molecule has 4 heterocycles. The number of likely N-dealkylation sites (tertiary alicyclic amines) is 1. The van der Waals surface area contributed by atoms with Crippen molar-refractivity contribution >= 4 is 16.8 Å². The predicted molar refractivity (Wildman–Crippen MR) is 107 cm³/mol. The van der Waals surface area contributed by atoms with Gasteiger partial charge in [0.1, 0.15) is 5.75 Å². The van der Waals surface area contributed by atoms with Gasteiger partial charge in [-0.05, 0) is 31.7 Å². The second-order valence-corrected chi connectivity index (χ2v) is 7.79. The third-order valence-corrected chi connectivity index (χ3v) is 5.77. The zero-order chi connectivity index (χ0) is 20.0. The van der Waals surface area contributed by atoms with Crippen molar-refractivity contribution < 1.29 is 9.53 Å². The van der Waals surface area contributed by atoms with Crippen LogP contribution in [0, 0.1) is 5.92 Å². The lowest BCUT2D eigenvalue weighted by Gasteiger charge is -2.18. The van der Waals surface area contributed by atoms with Gasteiger partial charge in [-0.1, -0.05) is 6.92 Å². The highest BCUT2D eigenvalue weighted by Crippen LogP contribution is 2.35. The number of ether oxygens (including phenoxy) is 1. The zero-order valence-corrected chi connectivity index (χ0v) is 16.3. The first-order chi connectivity index (χ1) is 14.1. The van der Waals surface area contributed by atoms with Crippen LogP contribution in [0.2, 0.25) is 0 Å². The Morgan fingerprint density at radius 2 is 2.21 bits per heavy atom. The first kappa shape index (κ1) is 17.9. The molecule has 5 rings (SSSR count). The van der Waals surface area contributed by atoms with Gasteiger partial charge in [0.15, 0.2) is 0 Å². The van der Waals surface area contributed by atoms with E-state index in [1.807, 2.05) is 17.2 Å². The normalized spacial score (nSPS) is 19.1.